The lowest BCUT2D eigenvalue weighted by Gasteiger charge is -2.33. The smallest absolute Gasteiger partial charge is 0.142 e. The van der Waals surface area contributed by atoms with Crippen LogP contribution in [0.5, 0.6) is 0 Å². The van der Waals surface area contributed by atoms with Crippen molar-refractivity contribution in [1.29, 1.82) is 5.26 Å². The van der Waals surface area contributed by atoms with E-state index in [0.29, 0.717) is 24.6 Å². The first-order chi connectivity index (χ1) is 14.0. The Morgan fingerprint density at radius 2 is 1.93 bits per heavy atom. The van der Waals surface area contributed by atoms with Crippen LogP contribution in [0.4, 0.5) is 5.82 Å². The molecule has 3 heterocycles. The van der Waals surface area contributed by atoms with Crippen molar-refractivity contribution < 1.29 is 4.74 Å². The van der Waals surface area contributed by atoms with Crippen molar-refractivity contribution in [3.8, 4) is 17.2 Å². The second kappa shape index (κ2) is 8.11. The molecule has 29 heavy (non-hydrogen) atoms. The molecule has 4 rings (SSSR count). The minimum atomic E-state index is 0.323. The SMILES string of the molecule is Cc1cc(C)c(-c2c(C#N)c(N)nc3c2COCC3)cc1CN1CCN(C)CC1. The van der Waals surface area contributed by atoms with E-state index in [9.17, 15) is 5.26 Å². The van der Waals surface area contributed by atoms with Gasteiger partial charge in [0.2, 0.25) is 0 Å². The zero-order chi connectivity index (χ0) is 20.5. The van der Waals surface area contributed by atoms with Gasteiger partial charge in [0.15, 0.2) is 0 Å². The first kappa shape index (κ1) is 19.8. The number of nitriles is 1. The molecule has 0 spiro atoms. The zero-order valence-electron chi connectivity index (χ0n) is 17.6. The summed E-state index contributed by atoms with van der Waals surface area (Å²) in [5, 5.41) is 9.84. The fourth-order valence-electron chi connectivity index (χ4n) is 4.39. The Hall–Kier alpha value is -2.46. The Morgan fingerprint density at radius 1 is 1.17 bits per heavy atom. The first-order valence-corrected chi connectivity index (χ1v) is 10.3. The number of hydrogen-bond donors (Lipinski definition) is 1. The second-order valence-corrected chi connectivity index (χ2v) is 8.26. The predicted octanol–water partition coefficient (Wildman–Crippen LogP) is 2.64. The number of ether oxygens (including phenoxy) is 1. The second-order valence-electron chi connectivity index (χ2n) is 8.26. The van der Waals surface area contributed by atoms with Gasteiger partial charge in [-0.2, -0.15) is 5.26 Å². The number of likely N-dealkylation sites (N-methyl/N-ethyl adjacent to an activating group) is 1. The zero-order valence-corrected chi connectivity index (χ0v) is 17.6. The molecule has 152 valence electrons. The van der Waals surface area contributed by atoms with Crippen LogP contribution in [0.2, 0.25) is 0 Å². The van der Waals surface area contributed by atoms with E-state index in [1.54, 1.807) is 0 Å². The third-order valence-corrected chi connectivity index (χ3v) is 6.20. The minimum absolute atomic E-state index is 0.323. The highest BCUT2D eigenvalue weighted by molar-refractivity contribution is 5.81. The fraction of sp³-hybridized carbons (Fsp3) is 0.478. The Morgan fingerprint density at radius 3 is 2.66 bits per heavy atom. The molecule has 0 unspecified atom stereocenters. The van der Waals surface area contributed by atoms with E-state index in [4.69, 9.17) is 10.5 Å². The van der Waals surface area contributed by atoms with E-state index in [1.807, 2.05) is 0 Å². The summed E-state index contributed by atoms with van der Waals surface area (Å²) >= 11 is 0. The molecule has 0 atom stereocenters. The molecule has 2 aliphatic heterocycles. The van der Waals surface area contributed by atoms with Crippen LogP contribution in [0.1, 0.15) is 33.5 Å². The highest BCUT2D eigenvalue weighted by Gasteiger charge is 2.24. The number of aryl methyl sites for hydroxylation is 2. The summed E-state index contributed by atoms with van der Waals surface area (Å²) in [4.78, 5) is 9.38. The van der Waals surface area contributed by atoms with Gasteiger partial charge in [-0.3, -0.25) is 4.90 Å². The van der Waals surface area contributed by atoms with E-state index < -0.39 is 0 Å². The molecule has 0 bridgehead atoms. The van der Waals surface area contributed by atoms with Gasteiger partial charge in [0.1, 0.15) is 17.5 Å². The lowest BCUT2D eigenvalue weighted by atomic mass is 9.88. The number of pyridine rings is 1. The first-order valence-electron chi connectivity index (χ1n) is 10.3. The van der Waals surface area contributed by atoms with Crippen LogP contribution in [0.3, 0.4) is 0 Å². The van der Waals surface area contributed by atoms with Gasteiger partial charge in [-0.05, 0) is 49.2 Å². The number of anilines is 1. The van der Waals surface area contributed by atoms with Crippen molar-refractivity contribution in [3.63, 3.8) is 0 Å². The maximum atomic E-state index is 9.84. The van der Waals surface area contributed by atoms with E-state index in [-0.39, 0.29) is 0 Å². The van der Waals surface area contributed by atoms with Crippen LogP contribution in [-0.4, -0.2) is 54.6 Å². The molecule has 1 fully saturated rings. The number of nitrogens with zero attached hydrogens (tertiary/aromatic N) is 4. The quantitative estimate of drug-likeness (QED) is 0.867. The Labute approximate surface area is 172 Å². The molecule has 0 amide bonds. The average Bonchev–Trinajstić information content (AvgIpc) is 2.71. The highest BCUT2D eigenvalue weighted by atomic mass is 16.5. The molecular formula is C23H29N5O. The van der Waals surface area contributed by atoms with E-state index in [2.05, 4.69) is 53.9 Å². The van der Waals surface area contributed by atoms with Crippen molar-refractivity contribution >= 4 is 5.82 Å². The van der Waals surface area contributed by atoms with Crippen LogP contribution in [-0.2, 0) is 24.3 Å². The summed E-state index contributed by atoms with van der Waals surface area (Å²) in [5.74, 6) is 0.323. The molecule has 1 saturated heterocycles. The summed E-state index contributed by atoms with van der Waals surface area (Å²) in [6, 6.07) is 6.79. The van der Waals surface area contributed by atoms with Crippen LogP contribution in [0.15, 0.2) is 12.1 Å². The van der Waals surface area contributed by atoms with Gasteiger partial charge >= 0.3 is 0 Å². The molecule has 0 aliphatic carbocycles. The highest BCUT2D eigenvalue weighted by Crippen LogP contribution is 2.37. The minimum Gasteiger partial charge on any atom is -0.383 e. The standard InChI is InChI=1S/C23H29N5O/c1-15-10-16(2)18(11-17(15)13-28-7-5-27(3)6-8-28)22-19(12-24)23(25)26-21-4-9-29-14-20(21)22/h10-11H,4-9,13-14H2,1-3H3,(H2,25,26). The number of piperazine rings is 1. The number of fused-ring (bicyclic) bond motifs is 1. The van der Waals surface area contributed by atoms with Crippen LogP contribution in [0.25, 0.3) is 11.1 Å². The lowest BCUT2D eigenvalue weighted by Crippen LogP contribution is -2.43. The number of hydrogen-bond acceptors (Lipinski definition) is 6. The van der Waals surface area contributed by atoms with Crippen molar-refractivity contribution in [3.05, 3.63) is 45.6 Å². The number of rotatable bonds is 3. The summed E-state index contributed by atoms with van der Waals surface area (Å²) in [5.41, 5.74) is 14.4. The fourth-order valence-corrected chi connectivity index (χ4v) is 4.39. The average molecular weight is 392 g/mol. The summed E-state index contributed by atoms with van der Waals surface area (Å²) in [6.45, 7) is 10.7. The Bertz CT molecular complexity index is 970. The van der Waals surface area contributed by atoms with Crippen molar-refractivity contribution in [2.45, 2.75) is 33.4 Å². The lowest BCUT2D eigenvalue weighted by molar-refractivity contribution is 0.109. The normalized spacial score (nSPS) is 17.7. The monoisotopic (exact) mass is 391 g/mol. The van der Waals surface area contributed by atoms with Gasteiger partial charge < -0.3 is 15.4 Å². The predicted molar refractivity (Wildman–Crippen MR) is 114 cm³/mol. The Kier molecular flexibility index (Phi) is 5.55. The maximum absolute atomic E-state index is 9.84. The number of aromatic nitrogens is 1. The molecule has 0 saturated carbocycles. The van der Waals surface area contributed by atoms with Gasteiger partial charge in [0, 0.05) is 50.3 Å². The molecule has 6 heteroatoms. The van der Waals surface area contributed by atoms with Crippen LogP contribution in [0, 0.1) is 25.2 Å². The molecule has 0 radical (unpaired) electrons. The largest absolute Gasteiger partial charge is 0.383 e. The Balaban J connectivity index is 1.80. The molecule has 2 aromatic rings. The van der Waals surface area contributed by atoms with Crippen molar-refractivity contribution in [2.24, 2.45) is 0 Å². The molecule has 6 nitrogen and oxygen atoms in total. The van der Waals surface area contributed by atoms with Gasteiger partial charge in [0.25, 0.3) is 0 Å². The number of nitrogen functional groups attached to an aromatic ring is 1. The third kappa shape index (κ3) is 3.86. The van der Waals surface area contributed by atoms with Crippen molar-refractivity contribution in [1.82, 2.24) is 14.8 Å². The molecule has 1 aromatic heterocycles. The molecular weight excluding hydrogens is 362 g/mol. The summed E-state index contributed by atoms with van der Waals surface area (Å²) in [6.07, 6.45) is 0.733. The van der Waals surface area contributed by atoms with E-state index >= 15 is 0 Å². The number of nitrogens with two attached hydrogens (primary N) is 1. The summed E-state index contributed by atoms with van der Waals surface area (Å²) in [7, 11) is 2.18. The van der Waals surface area contributed by atoms with Gasteiger partial charge in [-0.15, -0.1) is 0 Å². The maximum Gasteiger partial charge on any atom is 0.142 e. The summed E-state index contributed by atoms with van der Waals surface area (Å²) < 4.78 is 5.72. The third-order valence-electron chi connectivity index (χ3n) is 6.20. The van der Waals surface area contributed by atoms with Crippen molar-refractivity contribution in [2.75, 3.05) is 45.6 Å². The molecule has 2 aliphatic rings. The topological polar surface area (TPSA) is 78.4 Å². The molecule has 1 aromatic carbocycles. The van der Waals surface area contributed by atoms with E-state index in [0.717, 1.165) is 67.1 Å². The van der Waals surface area contributed by atoms with Gasteiger partial charge in [0.05, 0.1) is 18.9 Å². The molecule has 2 N–H and O–H groups in total. The number of benzene rings is 1. The van der Waals surface area contributed by atoms with Crippen LogP contribution < -0.4 is 5.73 Å². The van der Waals surface area contributed by atoms with Gasteiger partial charge in [-0.1, -0.05) is 6.07 Å². The van der Waals surface area contributed by atoms with Crippen LogP contribution >= 0.6 is 0 Å². The van der Waals surface area contributed by atoms with E-state index in [1.165, 1.54) is 11.1 Å². The van der Waals surface area contributed by atoms with Gasteiger partial charge in [-0.25, -0.2) is 4.98 Å².